The van der Waals surface area contributed by atoms with Crippen LogP contribution < -0.4 is 0 Å². The highest BCUT2D eigenvalue weighted by Gasteiger charge is 2.24. The van der Waals surface area contributed by atoms with Crippen molar-refractivity contribution in [2.75, 3.05) is 0 Å². The second-order valence-corrected chi connectivity index (χ2v) is 12.0. The maximum Gasteiger partial charge on any atom is 0.0544 e. The average Bonchev–Trinajstić information content (AvgIpc) is 3.39. The molecule has 0 saturated heterocycles. The SMILES string of the molecule is Cc1ccc2c(c1)c1cc(C)ccc1n2-c1c(C)c(C)c(C)c(-n2c3ccc(C)cc3c3cc(C)ccc32)c1C. The zero-order valence-electron chi connectivity index (χ0n) is 24.8. The molecule has 2 heterocycles. The molecular formula is C38H36N2. The van der Waals surface area contributed by atoms with Crippen LogP contribution >= 0.6 is 0 Å². The second kappa shape index (κ2) is 8.60. The van der Waals surface area contributed by atoms with Gasteiger partial charge in [0.2, 0.25) is 0 Å². The Balaban J connectivity index is 1.67. The van der Waals surface area contributed by atoms with Gasteiger partial charge in [0.1, 0.15) is 0 Å². The summed E-state index contributed by atoms with van der Waals surface area (Å²) in [5.41, 5.74) is 18.1. The molecule has 0 aliphatic heterocycles. The molecule has 198 valence electrons. The average molecular weight is 521 g/mol. The van der Waals surface area contributed by atoms with Crippen LogP contribution in [0.2, 0.25) is 0 Å². The lowest BCUT2D eigenvalue weighted by Crippen LogP contribution is -2.10. The van der Waals surface area contributed by atoms with E-state index < -0.39 is 0 Å². The first-order valence-corrected chi connectivity index (χ1v) is 14.3. The fourth-order valence-corrected chi connectivity index (χ4v) is 6.97. The highest BCUT2D eigenvalue weighted by atomic mass is 15.0. The highest BCUT2D eigenvalue weighted by Crippen LogP contribution is 2.42. The molecule has 0 saturated carbocycles. The summed E-state index contributed by atoms with van der Waals surface area (Å²) in [6.07, 6.45) is 0. The molecular weight excluding hydrogens is 484 g/mol. The Morgan fingerprint density at radius 1 is 0.325 bits per heavy atom. The van der Waals surface area contributed by atoms with Crippen LogP contribution in [0.25, 0.3) is 55.0 Å². The first-order chi connectivity index (χ1) is 19.2. The lowest BCUT2D eigenvalue weighted by Gasteiger charge is -2.24. The van der Waals surface area contributed by atoms with Crippen molar-refractivity contribution in [1.29, 1.82) is 0 Å². The fraction of sp³-hybridized carbons (Fsp3) is 0.211. The topological polar surface area (TPSA) is 9.86 Å². The summed E-state index contributed by atoms with van der Waals surface area (Å²) in [7, 11) is 0. The van der Waals surface area contributed by atoms with Crippen molar-refractivity contribution in [3.8, 4) is 11.4 Å². The van der Waals surface area contributed by atoms with E-state index in [2.05, 4.69) is 137 Å². The molecule has 0 spiro atoms. The summed E-state index contributed by atoms with van der Waals surface area (Å²) in [6, 6.07) is 27.6. The molecule has 5 aromatic carbocycles. The zero-order chi connectivity index (χ0) is 28.0. The number of aryl methyl sites for hydroxylation is 4. The largest absolute Gasteiger partial charge is 0.309 e. The molecule has 0 bridgehead atoms. The van der Waals surface area contributed by atoms with E-state index in [4.69, 9.17) is 0 Å². The second-order valence-electron chi connectivity index (χ2n) is 12.0. The minimum atomic E-state index is 1.26. The molecule has 0 unspecified atom stereocenters. The van der Waals surface area contributed by atoms with Crippen LogP contribution in [0.4, 0.5) is 0 Å². The Morgan fingerprint density at radius 2 is 0.600 bits per heavy atom. The third kappa shape index (κ3) is 3.35. The van der Waals surface area contributed by atoms with Gasteiger partial charge in [-0.1, -0.05) is 46.5 Å². The summed E-state index contributed by atoms with van der Waals surface area (Å²) in [5, 5.41) is 5.28. The molecule has 0 radical (unpaired) electrons. The molecule has 0 N–H and O–H groups in total. The number of hydrogen-bond donors (Lipinski definition) is 0. The minimum absolute atomic E-state index is 1.26. The molecule has 0 aliphatic carbocycles. The lowest BCUT2D eigenvalue weighted by atomic mass is 9.95. The van der Waals surface area contributed by atoms with Gasteiger partial charge >= 0.3 is 0 Å². The molecule has 0 atom stereocenters. The van der Waals surface area contributed by atoms with Gasteiger partial charge in [-0.05, 0) is 126 Å². The van der Waals surface area contributed by atoms with Gasteiger partial charge in [-0.3, -0.25) is 0 Å². The van der Waals surface area contributed by atoms with Gasteiger partial charge < -0.3 is 9.13 Å². The van der Waals surface area contributed by atoms with E-state index in [0.717, 1.165) is 0 Å². The normalized spacial score (nSPS) is 12.0. The first kappa shape index (κ1) is 24.7. The molecule has 0 fully saturated rings. The number of hydrogen-bond acceptors (Lipinski definition) is 0. The Hall–Kier alpha value is -4.30. The van der Waals surface area contributed by atoms with Gasteiger partial charge in [-0.25, -0.2) is 0 Å². The Morgan fingerprint density at radius 3 is 0.875 bits per heavy atom. The molecule has 7 aromatic rings. The maximum absolute atomic E-state index is 2.52. The molecule has 7 rings (SSSR count). The summed E-state index contributed by atoms with van der Waals surface area (Å²) in [5.74, 6) is 0. The fourth-order valence-electron chi connectivity index (χ4n) is 6.97. The Bertz CT molecular complexity index is 1910. The van der Waals surface area contributed by atoms with Crippen LogP contribution in [0.3, 0.4) is 0 Å². The molecule has 0 amide bonds. The van der Waals surface area contributed by atoms with Crippen molar-refractivity contribution >= 4 is 43.6 Å². The quantitative estimate of drug-likeness (QED) is 0.215. The van der Waals surface area contributed by atoms with E-state index in [1.54, 1.807) is 0 Å². The van der Waals surface area contributed by atoms with Crippen LogP contribution in [-0.4, -0.2) is 9.13 Å². The van der Waals surface area contributed by atoms with E-state index in [1.807, 2.05) is 0 Å². The monoisotopic (exact) mass is 520 g/mol. The van der Waals surface area contributed by atoms with Gasteiger partial charge in [-0.15, -0.1) is 0 Å². The summed E-state index contributed by atoms with van der Waals surface area (Å²) in [4.78, 5) is 0. The van der Waals surface area contributed by atoms with Crippen molar-refractivity contribution in [2.45, 2.75) is 55.4 Å². The first-order valence-electron chi connectivity index (χ1n) is 14.3. The van der Waals surface area contributed by atoms with Crippen LogP contribution in [0.1, 0.15) is 44.5 Å². The molecule has 0 aliphatic rings. The van der Waals surface area contributed by atoms with Gasteiger partial charge in [0.15, 0.2) is 0 Å². The third-order valence-corrected chi connectivity index (χ3v) is 9.15. The van der Waals surface area contributed by atoms with Crippen molar-refractivity contribution in [3.05, 3.63) is 117 Å². The predicted octanol–water partition coefficient (Wildman–Crippen LogP) is 10.3. The molecule has 40 heavy (non-hydrogen) atoms. The van der Waals surface area contributed by atoms with E-state index in [9.17, 15) is 0 Å². The van der Waals surface area contributed by atoms with E-state index in [1.165, 1.54) is 99.5 Å². The van der Waals surface area contributed by atoms with Crippen molar-refractivity contribution < 1.29 is 0 Å². The van der Waals surface area contributed by atoms with Crippen LogP contribution in [0, 0.1) is 55.4 Å². The van der Waals surface area contributed by atoms with E-state index in [-0.39, 0.29) is 0 Å². The van der Waals surface area contributed by atoms with Crippen LogP contribution in [0.5, 0.6) is 0 Å². The van der Waals surface area contributed by atoms with Gasteiger partial charge in [0.25, 0.3) is 0 Å². The third-order valence-electron chi connectivity index (χ3n) is 9.15. The number of fused-ring (bicyclic) bond motifs is 6. The van der Waals surface area contributed by atoms with Crippen LogP contribution in [-0.2, 0) is 0 Å². The van der Waals surface area contributed by atoms with Crippen molar-refractivity contribution in [3.63, 3.8) is 0 Å². The Kier molecular flexibility index (Phi) is 5.31. The van der Waals surface area contributed by atoms with Crippen molar-refractivity contribution in [2.24, 2.45) is 0 Å². The summed E-state index contributed by atoms with van der Waals surface area (Å²) < 4.78 is 5.04. The highest BCUT2D eigenvalue weighted by molar-refractivity contribution is 6.11. The standard InChI is InChI=1S/C38H36N2/c1-21-9-13-33-29(17-21)30-18-22(2)10-14-34(30)39(33)37-26(6)25(5)27(7)38(28(37)8)40-35-15-11-23(3)19-31(35)32-20-24(4)12-16-36(32)40/h9-20H,1-8H3. The lowest BCUT2D eigenvalue weighted by molar-refractivity contribution is 1.04. The van der Waals surface area contributed by atoms with E-state index in [0.29, 0.717) is 0 Å². The number of rotatable bonds is 2. The number of nitrogens with zero attached hydrogens (tertiary/aromatic N) is 2. The van der Waals surface area contributed by atoms with E-state index >= 15 is 0 Å². The van der Waals surface area contributed by atoms with Crippen molar-refractivity contribution in [1.82, 2.24) is 9.13 Å². The van der Waals surface area contributed by atoms with Gasteiger partial charge in [0, 0.05) is 21.5 Å². The smallest absolute Gasteiger partial charge is 0.0544 e. The Labute approximate surface area is 236 Å². The summed E-state index contributed by atoms with van der Waals surface area (Å²) >= 11 is 0. The van der Waals surface area contributed by atoms with Crippen LogP contribution in [0.15, 0.2) is 72.8 Å². The minimum Gasteiger partial charge on any atom is -0.309 e. The molecule has 2 heteroatoms. The maximum atomic E-state index is 2.52. The molecule has 2 aromatic heterocycles. The zero-order valence-corrected chi connectivity index (χ0v) is 24.8. The summed E-state index contributed by atoms with van der Waals surface area (Å²) in [6.45, 7) is 18.0. The molecule has 2 nitrogen and oxygen atoms in total. The number of aromatic nitrogens is 2. The van der Waals surface area contributed by atoms with Gasteiger partial charge in [0.05, 0.1) is 33.4 Å². The number of benzene rings is 5. The predicted molar refractivity (Wildman–Crippen MR) is 173 cm³/mol. The van der Waals surface area contributed by atoms with Gasteiger partial charge in [-0.2, -0.15) is 0 Å².